The summed E-state index contributed by atoms with van der Waals surface area (Å²) in [4.78, 5) is 7.34. The summed E-state index contributed by atoms with van der Waals surface area (Å²) in [6, 6.07) is 2.03. The maximum absolute atomic E-state index is 5.87. The van der Waals surface area contributed by atoms with E-state index in [2.05, 4.69) is 9.88 Å². The van der Waals surface area contributed by atoms with Gasteiger partial charge in [0.05, 0.1) is 11.7 Å². The lowest BCUT2D eigenvalue weighted by atomic mass is 10.0. The molecule has 19 heavy (non-hydrogen) atoms. The summed E-state index contributed by atoms with van der Waals surface area (Å²) in [6.45, 7) is 5.91. The van der Waals surface area contributed by atoms with E-state index in [4.69, 9.17) is 22.7 Å². The smallest absolute Gasteiger partial charge is 0.139 e. The maximum atomic E-state index is 5.87. The zero-order valence-corrected chi connectivity index (χ0v) is 12.6. The van der Waals surface area contributed by atoms with Crippen molar-refractivity contribution in [1.82, 2.24) is 4.98 Å². The number of hydrogen-bond acceptors (Lipinski definition) is 4. The SMILES string of the molecule is COC1CCN(c2nc(C)cc(C)c2C(N)=S)CC1. The average molecular weight is 279 g/mol. The van der Waals surface area contributed by atoms with E-state index in [1.807, 2.05) is 19.9 Å². The third kappa shape index (κ3) is 3.04. The normalized spacial score (nSPS) is 16.7. The van der Waals surface area contributed by atoms with Crippen molar-refractivity contribution in [2.75, 3.05) is 25.1 Å². The number of thiocarbonyl (C=S) groups is 1. The molecule has 1 aliphatic rings. The molecule has 0 amide bonds. The van der Waals surface area contributed by atoms with Crippen LogP contribution in [-0.4, -0.2) is 36.3 Å². The number of aryl methyl sites for hydroxylation is 2. The van der Waals surface area contributed by atoms with Crippen LogP contribution < -0.4 is 10.6 Å². The highest BCUT2D eigenvalue weighted by Crippen LogP contribution is 2.26. The van der Waals surface area contributed by atoms with Gasteiger partial charge in [0.1, 0.15) is 10.8 Å². The van der Waals surface area contributed by atoms with Gasteiger partial charge in [-0.1, -0.05) is 12.2 Å². The van der Waals surface area contributed by atoms with Gasteiger partial charge in [-0.3, -0.25) is 0 Å². The summed E-state index contributed by atoms with van der Waals surface area (Å²) in [5.41, 5.74) is 8.88. The van der Waals surface area contributed by atoms with Crippen molar-refractivity contribution in [3.63, 3.8) is 0 Å². The van der Waals surface area contributed by atoms with E-state index in [1.165, 1.54) is 0 Å². The zero-order chi connectivity index (χ0) is 14.0. The Hall–Kier alpha value is -1.20. The standard InChI is InChI=1S/C14H21N3OS/c1-9-8-10(2)16-14(12(9)13(15)19)17-6-4-11(18-3)5-7-17/h8,11H,4-7H2,1-3H3,(H2,15,19). The average Bonchev–Trinajstić information content (AvgIpc) is 2.37. The molecule has 0 atom stereocenters. The van der Waals surface area contributed by atoms with E-state index in [0.29, 0.717) is 11.1 Å². The lowest BCUT2D eigenvalue weighted by Crippen LogP contribution is -2.38. The minimum atomic E-state index is 0.357. The summed E-state index contributed by atoms with van der Waals surface area (Å²) >= 11 is 5.18. The van der Waals surface area contributed by atoms with Gasteiger partial charge in [-0.2, -0.15) is 0 Å². The molecule has 2 heterocycles. The van der Waals surface area contributed by atoms with E-state index in [-0.39, 0.29) is 0 Å². The fraction of sp³-hybridized carbons (Fsp3) is 0.571. The molecule has 0 radical (unpaired) electrons. The molecule has 2 rings (SSSR count). The number of nitrogens with zero attached hydrogens (tertiary/aromatic N) is 2. The van der Waals surface area contributed by atoms with Gasteiger partial charge in [0.25, 0.3) is 0 Å². The fourth-order valence-electron chi connectivity index (χ4n) is 2.65. The molecule has 5 heteroatoms. The van der Waals surface area contributed by atoms with Crippen LogP contribution in [0, 0.1) is 13.8 Å². The quantitative estimate of drug-likeness (QED) is 0.857. The first kappa shape index (κ1) is 14.2. The third-order valence-electron chi connectivity index (χ3n) is 3.65. The number of nitrogens with two attached hydrogens (primary N) is 1. The largest absolute Gasteiger partial charge is 0.389 e. The molecule has 2 N–H and O–H groups in total. The van der Waals surface area contributed by atoms with Crippen molar-refractivity contribution in [3.8, 4) is 0 Å². The summed E-state index contributed by atoms with van der Waals surface area (Å²) in [5, 5.41) is 0. The zero-order valence-electron chi connectivity index (χ0n) is 11.8. The van der Waals surface area contributed by atoms with E-state index in [9.17, 15) is 0 Å². The molecule has 1 fully saturated rings. The number of hydrogen-bond donors (Lipinski definition) is 1. The molecule has 1 aromatic rings. The van der Waals surface area contributed by atoms with Crippen LogP contribution in [0.15, 0.2) is 6.07 Å². The molecular weight excluding hydrogens is 258 g/mol. The summed E-state index contributed by atoms with van der Waals surface area (Å²) < 4.78 is 5.40. The van der Waals surface area contributed by atoms with Gasteiger partial charge in [-0.05, 0) is 38.3 Å². The Kier molecular flexibility index (Phi) is 4.37. The van der Waals surface area contributed by atoms with Gasteiger partial charge >= 0.3 is 0 Å². The summed E-state index contributed by atoms with van der Waals surface area (Å²) in [5.74, 6) is 0.930. The first-order valence-electron chi connectivity index (χ1n) is 6.58. The number of aromatic nitrogens is 1. The summed E-state index contributed by atoms with van der Waals surface area (Å²) in [6.07, 6.45) is 2.39. The highest BCUT2D eigenvalue weighted by atomic mass is 32.1. The number of piperidine rings is 1. The minimum absolute atomic E-state index is 0.357. The van der Waals surface area contributed by atoms with Crippen molar-refractivity contribution < 1.29 is 4.74 Å². The highest BCUT2D eigenvalue weighted by Gasteiger charge is 2.23. The highest BCUT2D eigenvalue weighted by molar-refractivity contribution is 7.80. The second-order valence-corrected chi connectivity index (χ2v) is 5.51. The molecular formula is C14H21N3OS. The van der Waals surface area contributed by atoms with E-state index in [1.54, 1.807) is 7.11 Å². The Morgan fingerprint density at radius 3 is 2.58 bits per heavy atom. The number of methoxy groups -OCH3 is 1. The Morgan fingerprint density at radius 2 is 2.05 bits per heavy atom. The van der Waals surface area contributed by atoms with Crippen LogP contribution in [0.1, 0.15) is 29.7 Å². The number of anilines is 1. The maximum Gasteiger partial charge on any atom is 0.139 e. The topological polar surface area (TPSA) is 51.4 Å². The van der Waals surface area contributed by atoms with Crippen LogP contribution in [0.25, 0.3) is 0 Å². The van der Waals surface area contributed by atoms with Gasteiger partial charge in [-0.25, -0.2) is 4.98 Å². The molecule has 0 bridgehead atoms. The van der Waals surface area contributed by atoms with Crippen molar-refractivity contribution in [1.29, 1.82) is 0 Å². The predicted molar refractivity (Wildman–Crippen MR) is 81.8 cm³/mol. The Labute approximate surface area is 120 Å². The van der Waals surface area contributed by atoms with Crippen LogP contribution in [-0.2, 0) is 4.74 Å². The molecule has 0 saturated carbocycles. The van der Waals surface area contributed by atoms with Crippen molar-refractivity contribution in [2.45, 2.75) is 32.8 Å². The van der Waals surface area contributed by atoms with Crippen molar-refractivity contribution in [2.24, 2.45) is 5.73 Å². The van der Waals surface area contributed by atoms with Gasteiger partial charge in [0.15, 0.2) is 0 Å². The molecule has 0 spiro atoms. The fourth-order valence-corrected chi connectivity index (χ4v) is 2.91. The lowest BCUT2D eigenvalue weighted by molar-refractivity contribution is 0.0818. The first-order valence-corrected chi connectivity index (χ1v) is 6.99. The van der Waals surface area contributed by atoms with E-state index < -0.39 is 0 Å². The molecule has 0 aliphatic carbocycles. The third-order valence-corrected chi connectivity index (χ3v) is 3.85. The van der Waals surface area contributed by atoms with Crippen molar-refractivity contribution >= 4 is 23.0 Å². The van der Waals surface area contributed by atoms with Crippen LogP contribution in [0.2, 0.25) is 0 Å². The Morgan fingerprint density at radius 1 is 1.42 bits per heavy atom. The second-order valence-electron chi connectivity index (χ2n) is 5.07. The molecule has 1 aliphatic heterocycles. The molecule has 1 saturated heterocycles. The number of ether oxygens (including phenoxy) is 1. The number of pyridine rings is 1. The lowest BCUT2D eigenvalue weighted by Gasteiger charge is -2.33. The van der Waals surface area contributed by atoms with Gasteiger partial charge in [-0.15, -0.1) is 0 Å². The summed E-state index contributed by atoms with van der Waals surface area (Å²) in [7, 11) is 1.77. The van der Waals surface area contributed by atoms with Crippen LogP contribution in [0.3, 0.4) is 0 Å². The van der Waals surface area contributed by atoms with Gasteiger partial charge < -0.3 is 15.4 Å². The first-order chi connectivity index (χ1) is 9.02. The van der Waals surface area contributed by atoms with Crippen LogP contribution >= 0.6 is 12.2 Å². The van der Waals surface area contributed by atoms with Crippen LogP contribution in [0.5, 0.6) is 0 Å². The molecule has 0 unspecified atom stereocenters. The van der Waals surface area contributed by atoms with Crippen molar-refractivity contribution in [3.05, 3.63) is 22.9 Å². The molecule has 1 aromatic heterocycles. The predicted octanol–water partition coefficient (Wildman–Crippen LogP) is 1.95. The van der Waals surface area contributed by atoms with Crippen LogP contribution in [0.4, 0.5) is 5.82 Å². The molecule has 0 aromatic carbocycles. The van der Waals surface area contributed by atoms with Gasteiger partial charge in [0, 0.05) is 25.9 Å². The van der Waals surface area contributed by atoms with E-state index in [0.717, 1.165) is 48.6 Å². The Bertz CT molecular complexity index is 482. The Balaban J connectivity index is 2.31. The molecule has 4 nitrogen and oxygen atoms in total. The second kappa shape index (κ2) is 5.84. The van der Waals surface area contributed by atoms with Gasteiger partial charge in [0.2, 0.25) is 0 Å². The van der Waals surface area contributed by atoms with E-state index >= 15 is 0 Å². The molecule has 104 valence electrons. The number of rotatable bonds is 3. The minimum Gasteiger partial charge on any atom is -0.389 e. The monoisotopic (exact) mass is 279 g/mol.